The maximum absolute atomic E-state index is 5.76. The molecule has 1 aliphatic carbocycles. The Balaban J connectivity index is 1.90. The van der Waals surface area contributed by atoms with Gasteiger partial charge in [0.05, 0.1) is 5.39 Å². The Labute approximate surface area is 114 Å². The topological polar surface area (TPSA) is 63.8 Å². The number of nitrogens with two attached hydrogens (primary N) is 1. The fourth-order valence-electron chi connectivity index (χ4n) is 2.03. The normalized spacial score (nSPS) is 17.0. The molecule has 1 saturated carbocycles. The van der Waals surface area contributed by atoms with Crippen LogP contribution in [0.5, 0.6) is 0 Å². The largest absolute Gasteiger partial charge is 0.368 e. The highest BCUT2D eigenvalue weighted by Crippen LogP contribution is 2.47. The molecule has 96 valence electrons. The molecule has 0 amide bonds. The summed E-state index contributed by atoms with van der Waals surface area (Å²) in [7, 11) is 0. The minimum atomic E-state index is 0.348. The van der Waals surface area contributed by atoms with Crippen molar-refractivity contribution >= 4 is 45.1 Å². The molecule has 0 saturated heterocycles. The van der Waals surface area contributed by atoms with E-state index in [1.165, 1.54) is 17.7 Å². The third kappa shape index (κ3) is 2.14. The molecule has 0 bridgehead atoms. The summed E-state index contributed by atoms with van der Waals surface area (Å²) in [5, 5.41) is 4.54. The Morgan fingerprint density at radius 2 is 2.28 bits per heavy atom. The molecule has 0 aliphatic heterocycles. The summed E-state index contributed by atoms with van der Waals surface area (Å²) >= 11 is 3.60. The lowest BCUT2D eigenvalue weighted by Crippen LogP contribution is -2.18. The van der Waals surface area contributed by atoms with E-state index in [-0.39, 0.29) is 0 Å². The Morgan fingerprint density at radius 3 is 2.94 bits per heavy atom. The van der Waals surface area contributed by atoms with Crippen molar-refractivity contribution < 1.29 is 0 Å². The Morgan fingerprint density at radius 1 is 1.50 bits per heavy atom. The van der Waals surface area contributed by atoms with E-state index in [1.54, 1.807) is 11.3 Å². The van der Waals surface area contributed by atoms with Crippen LogP contribution in [-0.4, -0.2) is 27.5 Å². The van der Waals surface area contributed by atoms with Gasteiger partial charge in [0.2, 0.25) is 5.95 Å². The van der Waals surface area contributed by atoms with Crippen molar-refractivity contribution in [2.45, 2.75) is 24.5 Å². The molecule has 0 radical (unpaired) electrons. The molecule has 0 aromatic carbocycles. The van der Waals surface area contributed by atoms with Crippen LogP contribution in [0.15, 0.2) is 6.07 Å². The fraction of sp³-hybridized carbons (Fsp3) is 0.500. The zero-order valence-electron chi connectivity index (χ0n) is 10.5. The van der Waals surface area contributed by atoms with Crippen molar-refractivity contribution in [1.82, 2.24) is 9.97 Å². The molecule has 3 rings (SSSR count). The van der Waals surface area contributed by atoms with E-state index in [0.717, 1.165) is 22.6 Å². The Kier molecular flexibility index (Phi) is 2.86. The highest BCUT2D eigenvalue weighted by molar-refractivity contribution is 8.00. The first-order chi connectivity index (χ1) is 8.62. The molecule has 18 heavy (non-hydrogen) atoms. The fourth-order valence-corrected chi connectivity index (χ4v) is 3.64. The summed E-state index contributed by atoms with van der Waals surface area (Å²) < 4.78 is 0.414. The second-order valence-electron chi connectivity index (χ2n) is 4.75. The van der Waals surface area contributed by atoms with Gasteiger partial charge in [-0.05, 0) is 32.1 Å². The van der Waals surface area contributed by atoms with Gasteiger partial charge in [-0.2, -0.15) is 16.7 Å². The first-order valence-electron chi connectivity index (χ1n) is 5.95. The van der Waals surface area contributed by atoms with E-state index in [9.17, 15) is 0 Å². The summed E-state index contributed by atoms with van der Waals surface area (Å²) in [5.41, 5.74) is 5.76. The molecular formula is C12H16N4S2. The average Bonchev–Trinajstić information content (AvgIpc) is 3.02. The number of nitrogens with one attached hydrogen (secondary N) is 1. The van der Waals surface area contributed by atoms with Crippen LogP contribution in [0.4, 0.5) is 11.8 Å². The van der Waals surface area contributed by atoms with Crippen LogP contribution in [0.3, 0.4) is 0 Å². The minimum absolute atomic E-state index is 0.348. The van der Waals surface area contributed by atoms with E-state index in [0.29, 0.717) is 10.7 Å². The van der Waals surface area contributed by atoms with E-state index in [4.69, 9.17) is 5.73 Å². The number of nitrogen functional groups attached to an aromatic ring is 1. The van der Waals surface area contributed by atoms with Gasteiger partial charge in [-0.3, -0.25) is 0 Å². The van der Waals surface area contributed by atoms with Crippen molar-refractivity contribution in [1.29, 1.82) is 0 Å². The molecule has 0 unspecified atom stereocenters. The number of hydrogen-bond donors (Lipinski definition) is 2. The number of thioether (sulfide) groups is 1. The molecule has 0 spiro atoms. The number of thiophene rings is 1. The quantitative estimate of drug-likeness (QED) is 0.901. The maximum atomic E-state index is 5.76. The molecule has 2 heterocycles. The van der Waals surface area contributed by atoms with Crippen molar-refractivity contribution in [3.63, 3.8) is 0 Å². The van der Waals surface area contributed by atoms with Crippen molar-refractivity contribution in [2.24, 2.45) is 0 Å². The Bertz CT molecular complexity index is 589. The SMILES string of the molecule is CSC1(CNc2nc(N)nc3sc(C)cc23)CC1. The van der Waals surface area contributed by atoms with Crippen LogP contribution in [0.2, 0.25) is 0 Å². The van der Waals surface area contributed by atoms with E-state index in [2.05, 4.69) is 34.5 Å². The lowest BCUT2D eigenvalue weighted by atomic mass is 10.3. The smallest absolute Gasteiger partial charge is 0.223 e. The number of anilines is 2. The van der Waals surface area contributed by atoms with Gasteiger partial charge in [0, 0.05) is 16.2 Å². The number of fused-ring (bicyclic) bond motifs is 1. The number of aromatic nitrogens is 2. The summed E-state index contributed by atoms with van der Waals surface area (Å²) in [6.07, 6.45) is 4.74. The minimum Gasteiger partial charge on any atom is -0.368 e. The first kappa shape index (κ1) is 12.0. The summed E-state index contributed by atoms with van der Waals surface area (Å²) in [4.78, 5) is 10.8. The van der Waals surface area contributed by atoms with Gasteiger partial charge in [0.25, 0.3) is 0 Å². The van der Waals surface area contributed by atoms with Crippen LogP contribution in [0, 0.1) is 6.92 Å². The summed E-state index contributed by atoms with van der Waals surface area (Å²) in [6.45, 7) is 3.03. The predicted molar refractivity (Wildman–Crippen MR) is 80.5 cm³/mol. The molecule has 2 aromatic heterocycles. The summed E-state index contributed by atoms with van der Waals surface area (Å²) in [6, 6.07) is 2.13. The van der Waals surface area contributed by atoms with Crippen molar-refractivity contribution in [3.05, 3.63) is 10.9 Å². The van der Waals surface area contributed by atoms with E-state index >= 15 is 0 Å². The van der Waals surface area contributed by atoms with Crippen LogP contribution in [0.1, 0.15) is 17.7 Å². The Hall–Kier alpha value is -1.01. The zero-order chi connectivity index (χ0) is 12.8. The maximum Gasteiger partial charge on any atom is 0.223 e. The van der Waals surface area contributed by atoms with E-state index < -0.39 is 0 Å². The average molecular weight is 280 g/mol. The van der Waals surface area contributed by atoms with Crippen LogP contribution in [-0.2, 0) is 0 Å². The van der Waals surface area contributed by atoms with Crippen molar-refractivity contribution in [2.75, 3.05) is 23.9 Å². The first-order valence-corrected chi connectivity index (χ1v) is 7.99. The van der Waals surface area contributed by atoms with Gasteiger partial charge >= 0.3 is 0 Å². The van der Waals surface area contributed by atoms with Gasteiger partial charge in [0.1, 0.15) is 10.6 Å². The van der Waals surface area contributed by atoms with Gasteiger partial charge in [-0.1, -0.05) is 0 Å². The van der Waals surface area contributed by atoms with Crippen LogP contribution < -0.4 is 11.1 Å². The second-order valence-corrected chi connectivity index (χ2v) is 7.26. The van der Waals surface area contributed by atoms with E-state index in [1.807, 2.05) is 11.8 Å². The van der Waals surface area contributed by atoms with Gasteiger partial charge in [-0.15, -0.1) is 11.3 Å². The monoisotopic (exact) mass is 280 g/mol. The number of aryl methyl sites for hydroxylation is 1. The molecule has 3 N–H and O–H groups in total. The van der Waals surface area contributed by atoms with Crippen LogP contribution >= 0.6 is 23.1 Å². The molecule has 4 nitrogen and oxygen atoms in total. The third-order valence-corrected chi connectivity index (χ3v) is 5.71. The van der Waals surface area contributed by atoms with Crippen LogP contribution in [0.25, 0.3) is 10.2 Å². The lowest BCUT2D eigenvalue weighted by Gasteiger charge is -2.14. The number of nitrogens with zero attached hydrogens (tertiary/aromatic N) is 2. The van der Waals surface area contributed by atoms with Gasteiger partial charge in [0.15, 0.2) is 0 Å². The molecular weight excluding hydrogens is 264 g/mol. The standard InChI is InChI=1S/C12H16N4S2/c1-7-5-8-9(14-6-12(17-2)3-4-12)15-11(13)16-10(8)18-7/h5H,3-4,6H2,1-2H3,(H3,13,14,15,16). The molecule has 6 heteroatoms. The van der Waals surface area contributed by atoms with Gasteiger partial charge in [-0.25, -0.2) is 4.98 Å². The lowest BCUT2D eigenvalue weighted by molar-refractivity contribution is 0.942. The second kappa shape index (κ2) is 4.28. The zero-order valence-corrected chi connectivity index (χ0v) is 12.1. The molecule has 0 atom stereocenters. The number of hydrogen-bond acceptors (Lipinski definition) is 6. The molecule has 2 aromatic rings. The highest BCUT2D eigenvalue weighted by Gasteiger charge is 2.41. The van der Waals surface area contributed by atoms with Gasteiger partial charge < -0.3 is 11.1 Å². The molecule has 1 aliphatic rings. The molecule has 1 fully saturated rings. The van der Waals surface area contributed by atoms with Crippen molar-refractivity contribution in [3.8, 4) is 0 Å². The summed E-state index contributed by atoms with van der Waals surface area (Å²) in [5.74, 6) is 1.23. The third-order valence-electron chi connectivity index (χ3n) is 3.35. The predicted octanol–water partition coefficient (Wildman–Crippen LogP) is 2.89. The highest BCUT2D eigenvalue weighted by atomic mass is 32.2. The number of rotatable bonds is 4.